The van der Waals surface area contributed by atoms with E-state index in [2.05, 4.69) is 60.5 Å². The summed E-state index contributed by atoms with van der Waals surface area (Å²) in [5.74, 6) is 0.882. The lowest BCUT2D eigenvalue weighted by Gasteiger charge is -2.08. The first-order valence-corrected chi connectivity index (χ1v) is 9.51. The van der Waals surface area contributed by atoms with E-state index < -0.39 is 0 Å². The molecule has 0 aliphatic heterocycles. The van der Waals surface area contributed by atoms with Crippen LogP contribution in [0.5, 0.6) is 0 Å². The molecule has 4 aromatic rings. The van der Waals surface area contributed by atoms with Gasteiger partial charge in [0.25, 0.3) is 0 Å². The van der Waals surface area contributed by atoms with Gasteiger partial charge in [-0.2, -0.15) is 9.97 Å². The molecule has 0 amide bonds. The van der Waals surface area contributed by atoms with Crippen molar-refractivity contribution in [2.24, 2.45) is 0 Å². The van der Waals surface area contributed by atoms with E-state index in [9.17, 15) is 0 Å². The molecule has 2 heterocycles. The molecule has 0 atom stereocenters. The summed E-state index contributed by atoms with van der Waals surface area (Å²) in [7, 11) is 0. The second-order valence-electron chi connectivity index (χ2n) is 6.22. The van der Waals surface area contributed by atoms with Crippen LogP contribution < -0.4 is 11.1 Å². The van der Waals surface area contributed by atoms with Crippen molar-refractivity contribution in [3.8, 4) is 0 Å². The lowest BCUT2D eigenvalue weighted by atomic mass is 10.1. The van der Waals surface area contributed by atoms with Gasteiger partial charge in [0.15, 0.2) is 21.7 Å². The molecule has 0 spiro atoms. The Kier molecular flexibility index (Phi) is 5.02. The standard InChI is InChI=1S/C20H19BrN6/c21-19-24-16-17(22)25-20(23-12-11-14-7-3-1-4-8-14)26-18(16)27(19)13-15-9-5-2-6-10-15/h1-10H,11-13H2,(H3,22,23,25,26). The average Bonchev–Trinajstić information content (AvgIpc) is 3.00. The van der Waals surface area contributed by atoms with Crippen molar-refractivity contribution in [2.75, 3.05) is 17.6 Å². The van der Waals surface area contributed by atoms with E-state index in [1.54, 1.807) is 0 Å². The molecule has 0 bridgehead atoms. The van der Waals surface area contributed by atoms with Crippen LogP contribution in [0.2, 0.25) is 0 Å². The highest BCUT2D eigenvalue weighted by Crippen LogP contribution is 2.24. The fraction of sp³-hybridized carbons (Fsp3) is 0.150. The van der Waals surface area contributed by atoms with Crippen LogP contribution in [0.25, 0.3) is 11.2 Å². The Morgan fingerprint density at radius 1 is 0.889 bits per heavy atom. The zero-order valence-electron chi connectivity index (χ0n) is 14.6. The molecule has 136 valence electrons. The van der Waals surface area contributed by atoms with Crippen LogP contribution >= 0.6 is 15.9 Å². The Balaban J connectivity index is 1.58. The normalized spacial score (nSPS) is 11.0. The number of nitrogen functional groups attached to an aromatic ring is 1. The van der Waals surface area contributed by atoms with E-state index >= 15 is 0 Å². The number of hydrogen-bond donors (Lipinski definition) is 2. The molecule has 7 heteroatoms. The summed E-state index contributed by atoms with van der Waals surface area (Å²) < 4.78 is 2.68. The van der Waals surface area contributed by atoms with Crippen molar-refractivity contribution in [3.63, 3.8) is 0 Å². The van der Waals surface area contributed by atoms with Crippen LogP contribution in [0.15, 0.2) is 65.4 Å². The Morgan fingerprint density at radius 2 is 1.56 bits per heavy atom. The summed E-state index contributed by atoms with van der Waals surface area (Å²) in [6.45, 7) is 1.38. The summed E-state index contributed by atoms with van der Waals surface area (Å²) in [6.07, 6.45) is 0.884. The highest BCUT2D eigenvalue weighted by Gasteiger charge is 2.15. The summed E-state index contributed by atoms with van der Waals surface area (Å²) >= 11 is 3.52. The van der Waals surface area contributed by atoms with Crippen LogP contribution in [-0.2, 0) is 13.0 Å². The molecule has 27 heavy (non-hydrogen) atoms. The van der Waals surface area contributed by atoms with Gasteiger partial charge in [0.2, 0.25) is 5.95 Å². The summed E-state index contributed by atoms with van der Waals surface area (Å²) in [6, 6.07) is 20.5. The van der Waals surface area contributed by atoms with Gasteiger partial charge < -0.3 is 11.1 Å². The van der Waals surface area contributed by atoms with E-state index in [4.69, 9.17) is 5.73 Å². The largest absolute Gasteiger partial charge is 0.382 e. The molecule has 0 radical (unpaired) electrons. The zero-order chi connectivity index (χ0) is 18.6. The van der Waals surface area contributed by atoms with Gasteiger partial charge in [0.05, 0.1) is 6.54 Å². The Labute approximate surface area is 165 Å². The molecule has 3 N–H and O–H groups in total. The van der Waals surface area contributed by atoms with Crippen LogP contribution in [0.1, 0.15) is 11.1 Å². The van der Waals surface area contributed by atoms with Gasteiger partial charge in [-0.1, -0.05) is 60.7 Å². The first-order valence-electron chi connectivity index (χ1n) is 8.71. The van der Waals surface area contributed by atoms with E-state index in [-0.39, 0.29) is 0 Å². The summed E-state index contributed by atoms with van der Waals surface area (Å²) in [5.41, 5.74) is 9.86. The average molecular weight is 423 g/mol. The van der Waals surface area contributed by atoms with Crippen LogP contribution in [-0.4, -0.2) is 26.1 Å². The minimum Gasteiger partial charge on any atom is -0.382 e. The summed E-state index contributed by atoms with van der Waals surface area (Å²) in [4.78, 5) is 13.5. The number of hydrogen-bond acceptors (Lipinski definition) is 5. The summed E-state index contributed by atoms with van der Waals surface area (Å²) in [5, 5.41) is 3.27. The van der Waals surface area contributed by atoms with Gasteiger partial charge >= 0.3 is 0 Å². The maximum Gasteiger partial charge on any atom is 0.226 e. The highest BCUT2D eigenvalue weighted by atomic mass is 79.9. The lowest BCUT2D eigenvalue weighted by Crippen LogP contribution is -2.10. The first-order chi connectivity index (χ1) is 13.2. The molecular formula is C20H19BrN6. The maximum absolute atomic E-state index is 6.13. The van der Waals surface area contributed by atoms with Crippen molar-refractivity contribution < 1.29 is 0 Å². The topological polar surface area (TPSA) is 81.7 Å². The Hall–Kier alpha value is -2.93. The minimum absolute atomic E-state index is 0.370. The SMILES string of the molecule is Nc1nc(NCCc2ccccc2)nc2c1nc(Br)n2Cc1ccccc1. The number of benzene rings is 2. The van der Waals surface area contributed by atoms with Crippen molar-refractivity contribution in [3.05, 3.63) is 76.5 Å². The fourth-order valence-corrected chi connectivity index (χ4v) is 3.41. The van der Waals surface area contributed by atoms with Crippen LogP contribution in [0.4, 0.5) is 11.8 Å². The highest BCUT2D eigenvalue weighted by molar-refractivity contribution is 9.10. The minimum atomic E-state index is 0.370. The number of aromatic nitrogens is 4. The number of nitrogens with one attached hydrogen (secondary N) is 1. The molecule has 0 saturated heterocycles. The van der Waals surface area contributed by atoms with Crippen molar-refractivity contribution in [1.82, 2.24) is 19.5 Å². The quantitative estimate of drug-likeness (QED) is 0.460. The van der Waals surface area contributed by atoms with Gasteiger partial charge in [-0.25, -0.2) is 4.98 Å². The molecule has 4 rings (SSSR count). The molecule has 2 aromatic carbocycles. The fourth-order valence-electron chi connectivity index (χ4n) is 2.94. The Morgan fingerprint density at radius 3 is 2.26 bits per heavy atom. The zero-order valence-corrected chi connectivity index (χ0v) is 16.2. The number of fused-ring (bicyclic) bond motifs is 1. The van der Waals surface area contributed by atoms with E-state index in [0.717, 1.165) is 18.5 Å². The number of anilines is 2. The van der Waals surface area contributed by atoms with E-state index in [1.165, 1.54) is 5.56 Å². The number of imidazole rings is 1. The Bertz CT molecular complexity index is 1050. The predicted molar refractivity (Wildman–Crippen MR) is 112 cm³/mol. The third-order valence-corrected chi connectivity index (χ3v) is 4.90. The first kappa shape index (κ1) is 17.5. The van der Waals surface area contributed by atoms with E-state index in [1.807, 2.05) is 41.0 Å². The van der Waals surface area contributed by atoms with Crippen LogP contribution in [0.3, 0.4) is 0 Å². The van der Waals surface area contributed by atoms with Gasteiger partial charge in [-0.3, -0.25) is 4.57 Å². The number of halogens is 1. The molecule has 0 saturated carbocycles. The lowest BCUT2D eigenvalue weighted by molar-refractivity contribution is 0.790. The third-order valence-electron chi connectivity index (χ3n) is 4.30. The number of nitrogens with two attached hydrogens (primary N) is 1. The number of rotatable bonds is 6. The molecule has 0 unspecified atom stereocenters. The van der Waals surface area contributed by atoms with Crippen molar-refractivity contribution in [1.29, 1.82) is 0 Å². The monoisotopic (exact) mass is 422 g/mol. The van der Waals surface area contributed by atoms with Crippen molar-refractivity contribution >= 4 is 38.9 Å². The van der Waals surface area contributed by atoms with Crippen molar-refractivity contribution in [2.45, 2.75) is 13.0 Å². The second-order valence-corrected chi connectivity index (χ2v) is 6.93. The van der Waals surface area contributed by atoms with Gasteiger partial charge in [0.1, 0.15) is 0 Å². The smallest absolute Gasteiger partial charge is 0.226 e. The number of nitrogens with zero attached hydrogens (tertiary/aromatic N) is 4. The molecule has 2 aromatic heterocycles. The second kappa shape index (κ2) is 7.75. The third kappa shape index (κ3) is 3.93. The van der Waals surface area contributed by atoms with Gasteiger partial charge in [-0.15, -0.1) is 0 Å². The molecule has 0 aliphatic carbocycles. The van der Waals surface area contributed by atoms with Crippen LogP contribution in [0, 0.1) is 0 Å². The molecule has 0 aliphatic rings. The molecule has 6 nitrogen and oxygen atoms in total. The van der Waals surface area contributed by atoms with Gasteiger partial charge in [-0.05, 0) is 33.5 Å². The maximum atomic E-state index is 6.13. The van der Waals surface area contributed by atoms with E-state index in [0.29, 0.717) is 34.2 Å². The molecular weight excluding hydrogens is 404 g/mol. The van der Waals surface area contributed by atoms with Gasteiger partial charge in [0, 0.05) is 6.54 Å². The molecule has 0 fully saturated rings. The predicted octanol–water partition coefficient (Wildman–Crippen LogP) is 3.87.